The normalized spacial score (nSPS) is 11.2. The summed E-state index contributed by atoms with van der Waals surface area (Å²) < 4.78 is 22.2. The molecule has 0 bridgehead atoms. The number of carbonyl (C=O) groups excluding carboxylic acids is 1. The molecule has 1 rings (SSSR count). The van der Waals surface area contributed by atoms with E-state index in [9.17, 15) is 13.2 Å². The molecule has 0 fully saturated rings. The molecule has 1 aromatic carbocycles. The van der Waals surface area contributed by atoms with Crippen LogP contribution in [0.4, 0.5) is 0 Å². The lowest BCUT2D eigenvalue weighted by atomic mass is 10.2. The summed E-state index contributed by atoms with van der Waals surface area (Å²) in [6, 6.07) is 3.74. The molecule has 0 unspecified atom stereocenters. The standard InChI is InChI=1S/C9H9Cl2NO3S/c1-2-12-9(13)6-3-7(10)5-8(4-6)16(11,14)15/h3-5H,2H2,1H3,(H,12,13). The number of amides is 1. The van der Waals surface area contributed by atoms with Gasteiger partial charge >= 0.3 is 0 Å². The van der Waals surface area contributed by atoms with Gasteiger partial charge in [-0.05, 0) is 25.1 Å². The van der Waals surface area contributed by atoms with Crippen LogP contribution < -0.4 is 5.32 Å². The molecule has 0 saturated heterocycles. The molecular weight excluding hydrogens is 273 g/mol. The third-order valence-electron chi connectivity index (χ3n) is 1.75. The molecule has 4 nitrogen and oxygen atoms in total. The van der Waals surface area contributed by atoms with Gasteiger partial charge in [-0.3, -0.25) is 4.79 Å². The summed E-state index contributed by atoms with van der Waals surface area (Å²) in [6.07, 6.45) is 0. The van der Waals surface area contributed by atoms with Crippen molar-refractivity contribution in [3.63, 3.8) is 0 Å². The van der Waals surface area contributed by atoms with Gasteiger partial charge in [0, 0.05) is 27.8 Å². The fraction of sp³-hybridized carbons (Fsp3) is 0.222. The van der Waals surface area contributed by atoms with Crippen molar-refractivity contribution in [1.82, 2.24) is 5.32 Å². The Bertz CT molecular complexity index is 513. The topological polar surface area (TPSA) is 63.2 Å². The Hall–Kier alpha value is -0.780. The average molecular weight is 282 g/mol. The predicted octanol–water partition coefficient (Wildman–Crippen LogP) is 2.02. The molecule has 1 aromatic rings. The molecule has 0 aromatic heterocycles. The first-order chi connectivity index (χ1) is 7.34. The van der Waals surface area contributed by atoms with Crippen LogP contribution in [0, 0.1) is 0 Å². The summed E-state index contributed by atoms with van der Waals surface area (Å²) in [5.41, 5.74) is 0.161. The van der Waals surface area contributed by atoms with Crippen LogP contribution in [0.25, 0.3) is 0 Å². The van der Waals surface area contributed by atoms with Crippen LogP contribution in [0.5, 0.6) is 0 Å². The molecule has 0 spiro atoms. The molecule has 1 amide bonds. The summed E-state index contributed by atoms with van der Waals surface area (Å²) in [7, 11) is 1.28. The van der Waals surface area contributed by atoms with Crippen molar-refractivity contribution in [2.75, 3.05) is 6.54 Å². The highest BCUT2D eigenvalue weighted by atomic mass is 35.7. The SMILES string of the molecule is CCNC(=O)c1cc(Cl)cc(S(=O)(=O)Cl)c1. The van der Waals surface area contributed by atoms with Crippen LogP contribution in [-0.2, 0) is 9.05 Å². The van der Waals surface area contributed by atoms with E-state index in [-0.39, 0.29) is 15.5 Å². The zero-order chi connectivity index (χ0) is 12.3. The number of carbonyl (C=O) groups is 1. The Balaban J connectivity index is 3.24. The molecule has 7 heteroatoms. The number of benzene rings is 1. The van der Waals surface area contributed by atoms with Crippen LogP contribution in [0.15, 0.2) is 23.1 Å². The smallest absolute Gasteiger partial charge is 0.261 e. The third kappa shape index (κ3) is 3.37. The molecule has 0 atom stereocenters. The van der Waals surface area contributed by atoms with Gasteiger partial charge in [-0.2, -0.15) is 0 Å². The number of halogens is 2. The monoisotopic (exact) mass is 281 g/mol. The van der Waals surface area contributed by atoms with Crippen LogP contribution in [0.3, 0.4) is 0 Å². The molecule has 88 valence electrons. The summed E-state index contributed by atoms with van der Waals surface area (Å²) >= 11 is 5.70. The Morgan fingerprint density at radius 2 is 2.00 bits per heavy atom. The molecule has 0 aliphatic heterocycles. The summed E-state index contributed by atoms with van der Waals surface area (Å²) in [5.74, 6) is -0.397. The first-order valence-electron chi connectivity index (χ1n) is 4.38. The maximum absolute atomic E-state index is 11.5. The van der Waals surface area contributed by atoms with Crippen molar-refractivity contribution in [1.29, 1.82) is 0 Å². The quantitative estimate of drug-likeness (QED) is 0.863. The zero-order valence-electron chi connectivity index (χ0n) is 8.33. The van der Waals surface area contributed by atoms with Gasteiger partial charge in [0.2, 0.25) is 0 Å². The molecule has 0 aliphatic carbocycles. The van der Waals surface area contributed by atoms with Gasteiger partial charge in [0.05, 0.1) is 4.90 Å². The number of hydrogen-bond donors (Lipinski definition) is 1. The molecule has 0 saturated carbocycles. The van der Waals surface area contributed by atoms with Crippen LogP contribution in [0.1, 0.15) is 17.3 Å². The predicted molar refractivity (Wildman–Crippen MR) is 62.5 cm³/mol. The molecule has 0 aliphatic rings. The minimum absolute atomic E-state index is 0.142. The number of nitrogens with one attached hydrogen (secondary N) is 1. The maximum Gasteiger partial charge on any atom is 0.261 e. The molecule has 0 radical (unpaired) electrons. The zero-order valence-corrected chi connectivity index (χ0v) is 10.7. The average Bonchev–Trinajstić information content (AvgIpc) is 2.16. The molecule has 0 heterocycles. The first kappa shape index (κ1) is 13.3. The van der Waals surface area contributed by atoms with Gasteiger partial charge in [0.15, 0.2) is 0 Å². The van der Waals surface area contributed by atoms with Crippen LogP contribution in [0.2, 0.25) is 5.02 Å². The van der Waals surface area contributed by atoms with Gasteiger partial charge in [-0.1, -0.05) is 11.6 Å². The minimum Gasteiger partial charge on any atom is -0.352 e. The van der Waals surface area contributed by atoms with E-state index >= 15 is 0 Å². The van der Waals surface area contributed by atoms with E-state index in [2.05, 4.69) is 5.32 Å². The van der Waals surface area contributed by atoms with E-state index in [0.29, 0.717) is 6.54 Å². The molecule has 16 heavy (non-hydrogen) atoms. The maximum atomic E-state index is 11.5. The highest BCUT2D eigenvalue weighted by Crippen LogP contribution is 2.21. The first-order valence-corrected chi connectivity index (χ1v) is 7.06. The van der Waals surface area contributed by atoms with E-state index in [1.54, 1.807) is 6.92 Å². The summed E-state index contributed by atoms with van der Waals surface area (Å²) in [5, 5.41) is 2.67. The second-order valence-corrected chi connectivity index (χ2v) is 5.98. The van der Waals surface area contributed by atoms with Crippen LogP contribution >= 0.6 is 22.3 Å². The fourth-order valence-electron chi connectivity index (χ4n) is 1.10. The van der Waals surface area contributed by atoms with E-state index in [1.807, 2.05) is 0 Å². The lowest BCUT2D eigenvalue weighted by molar-refractivity contribution is 0.0955. The minimum atomic E-state index is -3.89. The van der Waals surface area contributed by atoms with E-state index in [4.69, 9.17) is 22.3 Å². The van der Waals surface area contributed by atoms with E-state index in [0.717, 1.165) is 0 Å². The van der Waals surface area contributed by atoms with Gasteiger partial charge in [-0.15, -0.1) is 0 Å². The second-order valence-electron chi connectivity index (χ2n) is 2.97. The molecule has 1 N–H and O–H groups in total. The Morgan fingerprint density at radius 3 is 2.50 bits per heavy atom. The number of rotatable bonds is 3. The highest BCUT2D eigenvalue weighted by Gasteiger charge is 2.14. The van der Waals surface area contributed by atoms with Crippen LogP contribution in [-0.4, -0.2) is 20.9 Å². The van der Waals surface area contributed by atoms with E-state index < -0.39 is 15.0 Å². The van der Waals surface area contributed by atoms with Crippen molar-refractivity contribution in [2.24, 2.45) is 0 Å². The Labute approximate surface area is 103 Å². The van der Waals surface area contributed by atoms with Gasteiger partial charge in [-0.25, -0.2) is 8.42 Å². The van der Waals surface area contributed by atoms with Crippen molar-refractivity contribution < 1.29 is 13.2 Å². The van der Waals surface area contributed by atoms with Crippen molar-refractivity contribution in [2.45, 2.75) is 11.8 Å². The second kappa shape index (κ2) is 5.03. The fourth-order valence-corrected chi connectivity index (χ4v) is 2.20. The van der Waals surface area contributed by atoms with Crippen molar-refractivity contribution in [3.8, 4) is 0 Å². The Kier molecular flexibility index (Phi) is 4.18. The summed E-state index contributed by atoms with van der Waals surface area (Å²) in [4.78, 5) is 11.3. The largest absolute Gasteiger partial charge is 0.352 e. The number of hydrogen-bond acceptors (Lipinski definition) is 3. The lowest BCUT2D eigenvalue weighted by Crippen LogP contribution is -2.22. The third-order valence-corrected chi connectivity index (χ3v) is 3.30. The van der Waals surface area contributed by atoms with E-state index in [1.165, 1.54) is 18.2 Å². The van der Waals surface area contributed by atoms with Gasteiger partial charge in [0.25, 0.3) is 15.0 Å². The van der Waals surface area contributed by atoms with Crippen molar-refractivity contribution >= 4 is 37.2 Å². The van der Waals surface area contributed by atoms with Gasteiger partial charge < -0.3 is 5.32 Å². The highest BCUT2D eigenvalue weighted by molar-refractivity contribution is 8.13. The Morgan fingerprint density at radius 1 is 1.38 bits per heavy atom. The van der Waals surface area contributed by atoms with Crippen molar-refractivity contribution in [3.05, 3.63) is 28.8 Å². The summed E-state index contributed by atoms with van der Waals surface area (Å²) in [6.45, 7) is 2.19. The van der Waals surface area contributed by atoms with Gasteiger partial charge in [0.1, 0.15) is 0 Å². The lowest BCUT2D eigenvalue weighted by Gasteiger charge is -2.04. The molecular formula is C9H9Cl2NO3S.